The smallest absolute Gasteiger partial charge is 0.346 e. The Hall–Kier alpha value is -1.64. The first-order valence-corrected chi connectivity index (χ1v) is 4.59. The van der Waals surface area contributed by atoms with Gasteiger partial charge in [-0.3, -0.25) is 4.79 Å². The second-order valence-electron chi connectivity index (χ2n) is 3.26. The molecule has 0 radical (unpaired) electrons. The van der Waals surface area contributed by atoms with E-state index in [1.165, 1.54) is 0 Å². The Morgan fingerprint density at radius 1 is 1.29 bits per heavy atom. The first-order valence-electron chi connectivity index (χ1n) is 4.59. The number of ether oxygens (including phenoxy) is 1. The molecule has 2 rings (SSSR count). The van der Waals surface area contributed by atoms with Gasteiger partial charge in [-0.25, -0.2) is 4.79 Å². The van der Waals surface area contributed by atoms with Crippen LogP contribution in [0.25, 0.3) is 0 Å². The molecule has 3 nitrogen and oxygen atoms in total. The van der Waals surface area contributed by atoms with E-state index in [-0.39, 0.29) is 5.92 Å². The van der Waals surface area contributed by atoms with Crippen LogP contribution in [-0.4, -0.2) is 11.9 Å². The Bertz CT molecular complexity index is 395. The van der Waals surface area contributed by atoms with Gasteiger partial charge in [-0.15, -0.1) is 0 Å². The molecule has 1 atom stereocenters. The van der Waals surface area contributed by atoms with Gasteiger partial charge in [-0.2, -0.15) is 0 Å². The molecule has 72 valence electrons. The molecule has 1 unspecified atom stereocenters. The molecule has 14 heavy (non-hydrogen) atoms. The van der Waals surface area contributed by atoms with Crippen molar-refractivity contribution in [2.75, 3.05) is 0 Å². The van der Waals surface area contributed by atoms with Gasteiger partial charge in [0, 0.05) is 0 Å². The van der Waals surface area contributed by atoms with E-state index in [2.05, 4.69) is 4.74 Å². The number of carbonyl (C=O) groups is 2. The Balaban J connectivity index is 2.56. The highest BCUT2D eigenvalue weighted by atomic mass is 16.6. The second kappa shape index (κ2) is 3.25. The highest BCUT2D eigenvalue weighted by Gasteiger charge is 2.32. The maximum absolute atomic E-state index is 11.4. The van der Waals surface area contributed by atoms with Crippen LogP contribution in [0, 0.1) is 0 Å². The van der Waals surface area contributed by atoms with Crippen molar-refractivity contribution in [3.63, 3.8) is 0 Å². The number of esters is 2. The second-order valence-corrected chi connectivity index (χ2v) is 3.26. The van der Waals surface area contributed by atoms with Crippen LogP contribution in [0.2, 0.25) is 0 Å². The van der Waals surface area contributed by atoms with Gasteiger partial charge in [0.1, 0.15) is 0 Å². The Kier molecular flexibility index (Phi) is 2.08. The summed E-state index contributed by atoms with van der Waals surface area (Å²) in [5.74, 6) is -1.25. The molecule has 1 aromatic rings. The molecule has 0 aromatic heterocycles. The summed E-state index contributed by atoms with van der Waals surface area (Å²) < 4.78 is 4.64. The monoisotopic (exact) mass is 190 g/mol. The molecule has 3 heteroatoms. The van der Waals surface area contributed by atoms with Crippen LogP contribution in [0.15, 0.2) is 24.3 Å². The average molecular weight is 190 g/mol. The number of rotatable bonds is 1. The molecule has 0 saturated carbocycles. The van der Waals surface area contributed by atoms with Crippen LogP contribution in [0.3, 0.4) is 0 Å². The Labute approximate surface area is 81.7 Å². The van der Waals surface area contributed by atoms with E-state index >= 15 is 0 Å². The first-order chi connectivity index (χ1) is 6.74. The Morgan fingerprint density at radius 3 is 2.71 bits per heavy atom. The highest BCUT2D eigenvalue weighted by Crippen LogP contribution is 2.29. The molecule has 1 heterocycles. The van der Waals surface area contributed by atoms with Gasteiger partial charge in [-0.1, -0.05) is 25.1 Å². The largest absolute Gasteiger partial charge is 0.389 e. The van der Waals surface area contributed by atoms with Crippen LogP contribution >= 0.6 is 0 Å². The molecular weight excluding hydrogens is 180 g/mol. The third kappa shape index (κ3) is 1.21. The fourth-order valence-corrected chi connectivity index (χ4v) is 1.72. The molecule has 0 saturated heterocycles. The van der Waals surface area contributed by atoms with E-state index < -0.39 is 11.9 Å². The van der Waals surface area contributed by atoms with Crippen molar-refractivity contribution >= 4 is 11.9 Å². The van der Waals surface area contributed by atoms with Crippen molar-refractivity contribution in [1.29, 1.82) is 0 Å². The van der Waals surface area contributed by atoms with Crippen LogP contribution in [-0.2, 0) is 9.53 Å². The number of benzene rings is 1. The molecule has 1 aliphatic rings. The van der Waals surface area contributed by atoms with E-state index in [0.29, 0.717) is 12.0 Å². The summed E-state index contributed by atoms with van der Waals surface area (Å²) in [6.45, 7) is 1.90. The summed E-state index contributed by atoms with van der Waals surface area (Å²) in [4.78, 5) is 22.7. The maximum Gasteiger partial charge on any atom is 0.346 e. The lowest BCUT2D eigenvalue weighted by atomic mass is 9.90. The summed E-state index contributed by atoms with van der Waals surface area (Å²) >= 11 is 0. The molecule has 0 bridgehead atoms. The van der Waals surface area contributed by atoms with Crippen LogP contribution in [0.4, 0.5) is 0 Å². The van der Waals surface area contributed by atoms with Gasteiger partial charge in [-0.05, 0) is 18.1 Å². The minimum atomic E-state index is -0.532. The van der Waals surface area contributed by atoms with E-state index in [1.54, 1.807) is 12.1 Å². The lowest BCUT2D eigenvalue weighted by molar-refractivity contribution is -0.140. The number of fused-ring (bicyclic) bond motifs is 1. The third-order valence-corrected chi connectivity index (χ3v) is 2.44. The molecule has 0 fully saturated rings. The minimum absolute atomic E-state index is 0.288. The van der Waals surface area contributed by atoms with Crippen molar-refractivity contribution in [3.8, 4) is 0 Å². The van der Waals surface area contributed by atoms with Crippen molar-refractivity contribution in [1.82, 2.24) is 0 Å². The summed E-state index contributed by atoms with van der Waals surface area (Å²) in [7, 11) is 0. The number of hydrogen-bond acceptors (Lipinski definition) is 3. The van der Waals surface area contributed by atoms with Crippen LogP contribution in [0.5, 0.6) is 0 Å². The number of carbonyl (C=O) groups excluding carboxylic acids is 2. The van der Waals surface area contributed by atoms with Crippen molar-refractivity contribution < 1.29 is 14.3 Å². The zero-order valence-electron chi connectivity index (χ0n) is 7.82. The molecule has 1 aliphatic heterocycles. The highest BCUT2D eigenvalue weighted by molar-refractivity contribution is 6.04. The molecule has 0 N–H and O–H groups in total. The van der Waals surface area contributed by atoms with Crippen molar-refractivity contribution in [3.05, 3.63) is 35.4 Å². The van der Waals surface area contributed by atoms with Gasteiger partial charge in [0.2, 0.25) is 0 Å². The average Bonchev–Trinajstić information content (AvgIpc) is 2.18. The quantitative estimate of drug-likeness (QED) is 0.501. The van der Waals surface area contributed by atoms with E-state index in [0.717, 1.165) is 5.56 Å². The number of cyclic esters (lactones) is 2. The fraction of sp³-hybridized carbons (Fsp3) is 0.273. The third-order valence-electron chi connectivity index (χ3n) is 2.44. The van der Waals surface area contributed by atoms with Crippen molar-refractivity contribution in [2.45, 2.75) is 19.3 Å². The predicted molar refractivity (Wildman–Crippen MR) is 49.9 cm³/mol. The number of hydrogen-bond donors (Lipinski definition) is 0. The zero-order chi connectivity index (χ0) is 10.1. The molecule has 0 spiro atoms. The van der Waals surface area contributed by atoms with Gasteiger partial charge < -0.3 is 4.74 Å². The van der Waals surface area contributed by atoms with E-state index in [1.807, 2.05) is 19.1 Å². The first kappa shape index (κ1) is 8.94. The minimum Gasteiger partial charge on any atom is -0.389 e. The molecule has 1 aromatic carbocycles. The van der Waals surface area contributed by atoms with E-state index in [4.69, 9.17) is 0 Å². The van der Waals surface area contributed by atoms with Crippen molar-refractivity contribution in [2.24, 2.45) is 0 Å². The topological polar surface area (TPSA) is 43.4 Å². The van der Waals surface area contributed by atoms with Crippen LogP contribution in [0.1, 0.15) is 35.2 Å². The lowest BCUT2D eigenvalue weighted by Gasteiger charge is -2.21. The molecule has 0 amide bonds. The van der Waals surface area contributed by atoms with Crippen LogP contribution < -0.4 is 0 Å². The van der Waals surface area contributed by atoms with Gasteiger partial charge >= 0.3 is 11.9 Å². The summed E-state index contributed by atoms with van der Waals surface area (Å²) in [5.41, 5.74) is 1.30. The Morgan fingerprint density at radius 2 is 2.00 bits per heavy atom. The normalized spacial score (nSPS) is 20.2. The van der Waals surface area contributed by atoms with Gasteiger partial charge in [0.15, 0.2) is 0 Å². The SMILES string of the molecule is CCC1C(=O)OC(=O)c2ccccc21. The summed E-state index contributed by atoms with van der Waals surface area (Å²) in [6, 6.07) is 7.09. The van der Waals surface area contributed by atoms with Gasteiger partial charge in [0.25, 0.3) is 0 Å². The van der Waals surface area contributed by atoms with E-state index in [9.17, 15) is 9.59 Å². The van der Waals surface area contributed by atoms with Gasteiger partial charge in [0.05, 0.1) is 11.5 Å². The predicted octanol–water partition coefficient (Wildman–Crippen LogP) is 1.88. The standard InChI is InChI=1S/C11H10O3/c1-2-7-8-5-3-4-6-9(8)11(13)14-10(7)12/h3-7H,2H2,1H3. The molecule has 0 aliphatic carbocycles. The lowest BCUT2D eigenvalue weighted by Crippen LogP contribution is -2.27. The summed E-state index contributed by atoms with van der Waals surface area (Å²) in [5, 5.41) is 0. The fourth-order valence-electron chi connectivity index (χ4n) is 1.72. The zero-order valence-corrected chi connectivity index (χ0v) is 7.82. The summed E-state index contributed by atoms with van der Waals surface area (Å²) in [6.07, 6.45) is 0.656. The maximum atomic E-state index is 11.4. The molecular formula is C11H10O3.